The molecule has 0 amide bonds. The molecule has 4 saturated heterocycles. The molecular formula is C42H67N4O8+. The summed E-state index contributed by atoms with van der Waals surface area (Å²) in [7, 11) is 0. The van der Waals surface area contributed by atoms with Gasteiger partial charge in [0.2, 0.25) is 0 Å². The molecule has 2 bridgehead atoms. The Morgan fingerprint density at radius 2 is 1.91 bits per heavy atom. The number of hydrogen-bond donors (Lipinski definition) is 7. The van der Waals surface area contributed by atoms with Crippen molar-refractivity contribution in [1.29, 1.82) is 0 Å². The molecule has 12 heteroatoms. The maximum atomic E-state index is 14.2. The number of carbonyl (C=O) groups excluding carboxylic acids is 2. The molecule has 2 saturated carbocycles. The molecular weight excluding hydrogens is 688 g/mol. The largest absolute Gasteiger partial charge is 0.456 e. The van der Waals surface area contributed by atoms with Crippen LogP contribution >= 0.6 is 0 Å². The Kier molecular flexibility index (Phi) is 12.6. The van der Waals surface area contributed by atoms with Crippen LogP contribution in [-0.2, 0) is 23.8 Å². The van der Waals surface area contributed by atoms with Gasteiger partial charge in [-0.2, -0.15) is 0 Å². The highest BCUT2D eigenvalue weighted by molar-refractivity contribution is 5.87. The van der Waals surface area contributed by atoms with E-state index in [4.69, 9.17) is 25.7 Å². The number of rotatable bonds is 7. The molecule has 7 rings (SSSR count). The first-order valence-corrected chi connectivity index (χ1v) is 21.1. The van der Waals surface area contributed by atoms with Crippen molar-refractivity contribution in [2.75, 3.05) is 19.7 Å². The number of quaternary nitrogens is 1. The van der Waals surface area contributed by atoms with Crippen molar-refractivity contribution in [3.8, 4) is 11.8 Å². The van der Waals surface area contributed by atoms with E-state index >= 15 is 0 Å². The Labute approximate surface area is 321 Å². The van der Waals surface area contributed by atoms with E-state index in [9.17, 15) is 24.9 Å². The number of ether oxygens (including phenoxy) is 3. The zero-order valence-electron chi connectivity index (χ0n) is 32.6. The summed E-state index contributed by atoms with van der Waals surface area (Å²) < 4.78 is 20.9. The molecule has 10 N–H and O–H groups in total. The number of hydrogen-bond acceptors (Lipinski definition) is 11. The number of nitrogens with one attached hydrogen (secondary N) is 1. The van der Waals surface area contributed by atoms with E-state index in [0.717, 1.165) is 58.0 Å². The van der Waals surface area contributed by atoms with Crippen molar-refractivity contribution in [3.05, 3.63) is 11.6 Å². The lowest BCUT2D eigenvalue weighted by Crippen LogP contribution is -2.95. The minimum absolute atomic E-state index is 0.0292. The predicted molar refractivity (Wildman–Crippen MR) is 201 cm³/mol. The summed E-state index contributed by atoms with van der Waals surface area (Å²) in [4.78, 5) is 27.8. The van der Waals surface area contributed by atoms with Crippen LogP contribution in [0.25, 0.3) is 0 Å². The van der Waals surface area contributed by atoms with Crippen LogP contribution in [0.15, 0.2) is 11.6 Å². The number of carbonyl (C=O) groups is 2. The lowest BCUT2D eigenvalue weighted by molar-refractivity contribution is -0.703. The van der Waals surface area contributed by atoms with Crippen LogP contribution in [0.5, 0.6) is 0 Å². The molecule has 0 radical (unpaired) electrons. The molecule has 6 fully saturated rings. The monoisotopic (exact) mass is 755 g/mol. The van der Waals surface area contributed by atoms with Crippen LogP contribution in [-0.4, -0.2) is 101 Å². The highest BCUT2D eigenvalue weighted by atomic mass is 16.6. The van der Waals surface area contributed by atoms with Crippen molar-refractivity contribution in [1.82, 2.24) is 5.32 Å². The summed E-state index contributed by atoms with van der Waals surface area (Å²) in [6, 6.07) is 0. The Balaban J connectivity index is 1.40. The topological polar surface area (TPSA) is 203 Å². The Hall–Kier alpha value is -1.92. The SMILES string of the molecule is CC=C(C)C(=O)OC1CC2C(O)C3C(=O)CC(CO)OC3C3C2OC1(C)C(CC1CCC(N)[NH2+]C1)CC#CC(C1CCCC(O)C1)C3C1CCNC(N)C1. The molecule has 5 heterocycles. The van der Waals surface area contributed by atoms with E-state index in [-0.39, 0.29) is 66.6 Å². The fraction of sp³-hybridized carbons (Fsp3) is 0.857. The first-order valence-electron chi connectivity index (χ1n) is 21.1. The maximum absolute atomic E-state index is 14.2. The Morgan fingerprint density at radius 1 is 1.09 bits per heavy atom. The van der Waals surface area contributed by atoms with Crippen LogP contribution in [0.4, 0.5) is 0 Å². The van der Waals surface area contributed by atoms with Gasteiger partial charge in [-0.15, -0.1) is 5.92 Å². The number of Topliss-reactive ketones (excluding diaryl/α,β-unsaturated/α-hetero) is 1. The fourth-order valence-corrected chi connectivity index (χ4v) is 11.9. The van der Waals surface area contributed by atoms with Crippen LogP contribution in [0.3, 0.4) is 0 Å². The third-order valence-electron chi connectivity index (χ3n) is 15.0. The molecule has 12 nitrogen and oxygen atoms in total. The number of piperidine rings is 2. The molecule has 18 atom stereocenters. The number of aliphatic hydroxyl groups excluding tert-OH is 3. The smallest absolute Gasteiger partial charge is 0.333 e. The van der Waals surface area contributed by atoms with Gasteiger partial charge in [0.25, 0.3) is 0 Å². The quantitative estimate of drug-likeness (QED) is 0.111. The van der Waals surface area contributed by atoms with Gasteiger partial charge in [0, 0.05) is 54.4 Å². The van der Waals surface area contributed by atoms with E-state index in [1.165, 1.54) is 0 Å². The van der Waals surface area contributed by atoms with E-state index < -0.39 is 60.0 Å². The lowest BCUT2D eigenvalue weighted by Gasteiger charge is -2.62. The lowest BCUT2D eigenvalue weighted by atomic mass is 9.53. The summed E-state index contributed by atoms with van der Waals surface area (Å²) in [6.07, 6.45) is 6.11. The van der Waals surface area contributed by atoms with Crippen molar-refractivity contribution < 1.29 is 44.4 Å². The van der Waals surface area contributed by atoms with Gasteiger partial charge >= 0.3 is 5.97 Å². The van der Waals surface area contributed by atoms with Crippen LogP contribution < -0.4 is 22.1 Å². The molecule has 302 valence electrons. The number of fused-ring (bicyclic) bond motifs is 3. The van der Waals surface area contributed by atoms with E-state index in [1.807, 2.05) is 6.92 Å². The second-order valence-corrected chi connectivity index (χ2v) is 18.3. The third-order valence-corrected chi connectivity index (χ3v) is 15.0. The maximum Gasteiger partial charge on any atom is 0.333 e. The number of nitrogens with two attached hydrogens (primary N) is 3. The second-order valence-electron chi connectivity index (χ2n) is 18.3. The zero-order valence-corrected chi connectivity index (χ0v) is 32.6. The molecule has 0 aromatic heterocycles. The third kappa shape index (κ3) is 7.96. The van der Waals surface area contributed by atoms with Crippen molar-refractivity contribution in [2.24, 2.45) is 64.7 Å². The molecule has 5 aliphatic heterocycles. The molecule has 2 aliphatic carbocycles. The second kappa shape index (κ2) is 16.9. The molecule has 0 aromatic carbocycles. The minimum Gasteiger partial charge on any atom is -0.456 e. The summed E-state index contributed by atoms with van der Waals surface area (Å²) in [5.41, 5.74) is 12.5. The van der Waals surface area contributed by atoms with Crippen LogP contribution in [0, 0.1) is 65.1 Å². The summed E-state index contributed by atoms with van der Waals surface area (Å²) >= 11 is 0. The average Bonchev–Trinajstić information content (AvgIpc) is 3.15. The Morgan fingerprint density at radius 3 is 2.61 bits per heavy atom. The fourth-order valence-electron chi connectivity index (χ4n) is 11.9. The molecule has 0 aromatic rings. The van der Waals surface area contributed by atoms with E-state index in [1.54, 1.807) is 13.0 Å². The van der Waals surface area contributed by atoms with Gasteiger partial charge < -0.3 is 45.9 Å². The molecule has 54 heavy (non-hydrogen) atoms. The highest BCUT2D eigenvalue weighted by Gasteiger charge is 2.65. The summed E-state index contributed by atoms with van der Waals surface area (Å²) in [5, 5.41) is 39.5. The zero-order chi connectivity index (χ0) is 38.3. The van der Waals surface area contributed by atoms with Crippen molar-refractivity contribution in [3.63, 3.8) is 0 Å². The molecule has 18 unspecified atom stereocenters. The summed E-state index contributed by atoms with van der Waals surface area (Å²) in [5.74, 6) is 5.70. The molecule has 7 aliphatic rings. The van der Waals surface area contributed by atoms with Crippen LogP contribution in [0.2, 0.25) is 0 Å². The predicted octanol–water partition coefficient (Wildman–Crippen LogP) is 1.09. The number of aliphatic hydroxyl groups is 3. The van der Waals surface area contributed by atoms with Crippen molar-refractivity contribution >= 4 is 11.8 Å². The van der Waals surface area contributed by atoms with Gasteiger partial charge in [-0.1, -0.05) is 18.4 Å². The number of allylic oxidation sites excluding steroid dienone is 1. The van der Waals surface area contributed by atoms with Gasteiger partial charge in [0.15, 0.2) is 0 Å². The Bertz CT molecular complexity index is 1440. The first kappa shape index (κ1) is 40.3. The van der Waals surface area contributed by atoms with E-state index in [0.29, 0.717) is 37.2 Å². The normalized spacial score (nSPS) is 48.5. The minimum atomic E-state index is -1.08. The number of esters is 1. The van der Waals surface area contributed by atoms with Gasteiger partial charge in [-0.05, 0) is 96.4 Å². The molecule has 0 spiro atoms. The van der Waals surface area contributed by atoms with Gasteiger partial charge in [-0.3, -0.25) is 10.5 Å². The highest BCUT2D eigenvalue weighted by Crippen LogP contribution is 2.57. The average molecular weight is 756 g/mol. The van der Waals surface area contributed by atoms with Gasteiger partial charge in [0.1, 0.15) is 23.7 Å². The summed E-state index contributed by atoms with van der Waals surface area (Å²) in [6.45, 7) is 7.00. The standard InChI is InChI=1S/C42H66N4O8/c1-4-22(2)41(51)53-32-19-30-38(50)36-31(49)18-28(21-47)52-40(36)37-35(25-13-14-45-34(44)17-25)29(24-7-5-9-27(48)16-24)10-6-8-26(42(32,3)54-39(30)37)15-23-11-12-33(43)46-20-23/h4,23-30,32-40,45-48,50H,5,7-9,11-21,43-44H2,1-3H3/p+1. The van der Waals surface area contributed by atoms with Crippen molar-refractivity contribution in [2.45, 2.75) is 152 Å². The van der Waals surface area contributed by atoms with Gasteiger partial charge in [-0.25, -0.2) is 4.79 Å². The van der Waals surface area contributed by atoms with Crippen LogP contribution in [0.1, 0.15) is 97.8 Å². The first-order chi connectivity index (χ1) is 25.9. The van der Waals surface area contributed by atoms with Gasteiger partial charge in [0.05, 0.1) is 55.8 Å². The van der Waals surface area contributed by atoms with E-state index in [2.05, 4.69) is 29.4 Å². The number of ketones is 1.